The van der Waals surface area contributed by atoms with Crippen LogP contribution in [0.2, 0.25) is 0 Å². The monoisotopic (exact) mass is 286 g/mol. The summed E-state index contributed by atoms with van der Waals surface area (Å²) in [6, 6.07) is 6.33. The Morgan fingerprint density at radius 1 is 1.43 bits per heavy atom. The van der Waals surface area contributed by atoms with Crippen LogP contribution in [0.3, 0.4) is 0 Å². The van der Waals surface area contributed by atoms with E-state index in [1.807, 2.05) is 0 Å². The van der Waals surface area contributed by atoms with E-state index < -0.39 is 4.92 Å². The standard InChI is InChI=1S/C14H14N4O3/c1-3-8-15-14-16-9(2)13(18(20)21)12(17-14)10-6-4-5-7-11(10)19/h3-7,19H,1,8H2,2H3,(H,15,16,17). The molecule has 0 bridgehead atoms. The van der Waals surface area contributed by atoms with Crippen LogP contribution in [-0.4, -0.2) is 26.5 Å². The first kappa shape index (κ1) is 14.4. The van der Waals surface area contributed by atoms with Gasteiger partial charge in [0, 0.05) is 12.1 Å². The lowest BCUT2D eigenvalue weighted by molar-refractivity contribution is -0.385. The second-order valence-corrected chi connectivity index (χ2v) is 4.27. The van der Waals surface area contributed by atoms with Gasteiger partial charge in [-0.25, -0.2) is 9.97 Å². The summed E-state index contributed by atoms with van der Waals surface area (Å²) in [7, 11) is 0. The van der Waals surface area contributed by atoms with Crippen molar-refractivity contribution >= 4 is 11.6 Å². The quantitative estimate of drug-likeness (QED) is 0.498. The topological polar surface area (TPSA) is 101 Å². The molecule has 0 fully saturated rings. The number of nitrogens with zero attached hydrogens (tertiary/aromatic N) is 3. The summed E-state index contributed by atoms with van der Waals surface area (Å²) in [4.78, 5) is 18.9. The number of phenols is 1. The average molecular weight is 286 g/mol. The molecule has 0 aliphatic heterocycles. The molecule has 21 heavy (non-hydrogen) atoms. The third-order valence-corrected chi connectivity index (χ3v) is 2.80. The van der Waals surface area contributed by atoms with Crippen molar-refractivity contribution in [1.29, 1.82) is 0 Å². The van der Waals surface area contributed by atoms with Gasteiger partial charge >= 0.3 is 5.69 Å². The molecule has 0 spiro atoms. The molecule has 0 atom stereocenters. The van der Waals surface area contributed by atoms with Crippen LogP contribution in [0.5, 0.6) is 5.75 Å². The summed E-state index contributed by atoms with van der Waals surface area (Å²) in [5.74, 6) is 0.171. The van der Waals surface area contributed by atoms with Crippen molar-refractivity contribution in [2.45, 2.75) is 6.92 Å². The van der Waals surface area contributed by atoms with E-state index in [1.54, 1.807) is 24.3 Å². The summed E-state index contributed by atoms with van der Waals surface area (Å²) >= 11 is 0. The molecule has 2 N–H and O–H groups in total. The smallest absolute Gasteiger partial charge is 0.316 e. The minimum Gasteiger partial charge on any atom is -0.507 e. The molecular formula is C14H14N4O3. The number of hydrogen-bond acceptors (Lipinski definition) is 6. The van der Waals surface area contributed by atoms with Gasteiger partial charge in [0.05, 0.1) is 4.92 Å². The fourth-order valence-corrected chi connectivity index (χ4v) is 1.89. The highest BCUT2D eigenvalue weighted by Gasteiger charge is 2.24. The van der Waals surface area contributed by atoms with Crippen LogP contribution in [0.15, 0.2) is 36.9 Å². The molecule has 2 aromatic rings. The van der Waals surface area contributed by atoms with E-state index in [0.29, 0.717) is 6.54 Å². The molecule has 2 rings (SSSR count). The highest BCUT2D eigenvalue weighted by atomic mass is 16.6. The summed E-state index contributed by atoms with van der Waals surface area (Å²) in [6.45, 7) is 5.53. The normalized spacial score (nSPS) is 10.1. The largest absolute Gasteiger partial charge is 0.507 e. The van der Waals surface area contributed by atoms with E-state index in [2.05, 4.69) is 21.9 Å². The van der Waals surface area contributed by atoms with Gasteiger partial charge in [0.15, 0.2) is 5.69 Å². The maximum Gasteiger partial charge on any atom is 0.316 e. The van der Waals surface area contributed by atoms with Crippen molar-refractivity contribution in [1.82, 2.24) is 9.97 Å². The minimum absolute atomic E-state index is 0.0756. The van der Waals surface area contributed by atoms with E-state index >= 15 is 0 Å². The van der Waals surface area contributed by atoms with E-state index in [1.165, 1.54) is 13.0 Å². The number of benzene rings is 1. The summed E-state index contributed by atoms with van der Waals surface area (Å²) < 4.78 is 0. The van der Waals surface area contributed by atoms with Crippen LogP contribution in [0, 0.1) is 17.0 Å². The number of anilines is 1. The van der Waals surface area contributed by atoms with Gasteiger partial charge in [-0.15, -0.1) is 6.58 Å². The van der Waals surface area contributed by atoms with Crippen molar-refractivity contribution in [3.63, 3.8) is 0 Å². The molecule has 1 aromatic heterocycles. The van der Waals surface area contributed by atoms with Crippen LogP contribution < -0.4 is 5.32 Å². The first-order valence-corrected chi connectivity index (χ1v) is 6.20. The minimum atomic E-state index is -0.547. The molecule has 7 heteroatoms. The maximum atomic E-state index is 11.3. The molecule has 0 radical (unpaired) electrons. The van der Waals surface area contributed by atoms with Crippen LogP contribution >= 0.6 is 0 Å². The lowest BCUT2D eigenvalue weighted by atomic mass is 10.1. The predicted octanol–water partition coefficient (Wildman–Crippen LogP) is 2.66. The first-order chi connectivity index (χ1) is 10.0. The molecule has 0 amide bonds. The highest BCUT2D eigenvalue weighted by molar-refractivity contribution is 5.76. The molecule has 0 aliphatic rings. The second kappa shape index (κ2) is 6.00. The summed E-state index contributed by atoms with van der Waals surface area (Å²) in [5, 5.41) is 24.1. The number of rotatable bonds is 5. The Morgan fingerprint density at radius 3 is 2.76 bits per heavy atom. The van der Waals surface area contributed by atoms with Crippen molar-refractivity contribution in [3.05, 3.63) is 52.7 Å². The average Bonchev–Trinajstić information content (AvgIpc) is 2.44. The third-order valence-electron chi connectivity index (χ3n) is 2.80. The lowest BCUT2D eigenvalue weighted by Crippen LogP contribution is -2.08. The lowest BCUT2D eigenvalue weighted by Gasteiger charge is -2.09. The number of hydrogen-bond donors (Lipinski definition) is 2. The van der Waals surface area contributed by atoms with Crippen molar-refractivity contribution in [2.75, 3.05) is 11.9 Å². The van der Waals surface area contributed by atoms with E-state index in [-0.39, 0.29) is 34.3 Å². The number of phenolic OH excluding ortho intramolecular Hbond substituents is 1. The Hall–Kier alpha value is -2.96. The van der Waals surface area contributed by atoms with Crippen LogP contribution in [0.1, 0.15) is 5.69 Å². The van der Waals surface area contributed by atoms with E-state index in [4.69, 9.17) is 0 Å². The van der Waals surface area contributed by atoms with Crippen LogP contribution in [-0.2, 0) is 0 Å². The maximum absolute atomic E-state index is 11.3. The highest BCUT2D eigenvalue weighted by Crippen LogP contribution is 2.35. The molecule has 7 nitrogen and oxygen atoms in total. The number of nitro groups is 1. The summed E-state index contributed by atoms with van der Waals surface area (Å²) in [6.07, 6.45) is 1.62. The predicted molar refractivity (Wildman–Crippen MR) is 79.2 cm³/mol. The zero-order valence-corrected chi connectivity index (χ0v) is 11.4. The molecular weight excluding hydrogens is 272 g/mol. The Labute approximate surface area is 121 Å². The zero-order chi connectivity index (χ0) is 15.4. The van der Waals surface area contributed by atoms with E-state index in [9.17, 15) is 15.2 Å². The fraction of sp³-hybridized carbons (Fsp3) is 0.143. The Kier molecular flexibility index (Phi) is 4.13. The second-order valence-electron chi connectivity index (χ2n) is 4.27. The van der Waals surface area contributed by atoms with Gasteiger partial charge in [0.2, 0.25) is 5.95 Å². The molecule has 108 valence electrons. The van der Waals surface area contributed by atoms with Gasteiger partial charge in [-0.2, -0.15) is 0 Å². The zero-order valence-electron chi connectivity index (χ0n) is 11.4. The SMILES string of the molecule is C=CCNc1nc(C)c([N+](=O)[O-])c(-c2ccccc2O)n1. The summed E-state index contributed by atoms with van der Waals surface area (Å²) in [5.41, 5.74) is 0.369. The van der Waals surface area contributed by atoms with Gasteiger partial charge in [-0.05, 0) is 19.1 Å². The van der Waals surface area contributed by atoms with Crippen molar-refractivity contribution in [3.8, 4) is 17.0 Å². The molecule has 0 saturated heterocycles. The molecule has 0 aliphatic carbocycles. The number of aromatic hydroxyl groups is 1. The third kappa shape index (κ3) is 2.97. The molecule has 0 unspecified atom stereocenters. The van der Waals surface area contributed by atoms with Gasteiger partial charge in [-0.1, -0.05) is 18.2 Å². The van der Waals surface area contributed by atoms with Gasteiger partial charge in [0.25, 0.3) is 0 Å². The number of aromatic nitrogens is 2. The number of nitrogens with one attached hydrogen (secondary N) is 1. The van der Waals surface area contributed by atoms with Gasteiger partial charge in [-0.3, -0.25) is 10.1 Å². The molecule has 0 saturated carbocycles. The molecule has 1 aromatic carbocycles. The Bertz CT molecular complexity index is 701. The number of para-hydroxylation sites is 1. The number of aryl methyl sites for hydroxylation is 1. The first-order valence-electron chi connectivity index (χ1n) is 6.20. The Morgan fingerprint density at radius 2 is 2.14 bits per heavy atom. The van der Waals surface area contributed by atoms with Gasteiger partial charge in [0.1, 0.15) is 11.4 Å². The fourth-order valence-electron chi connectivity index (χ4n) is 1.89. The van der Waals surface area contributed by atoms with Crippen molar-refractivity contribution in [2.24, 2.45) is 0 Å². The van der Waals surface area contributed by atoms with Crippen molar-refractivity contribution < 1.29 is 10.0 Å². The van der Waals surface area contributed by atoms with Gasteiger partial charge < -0.3 is 10.4 Å². The molecule has 1 heterocycles. The van der Waals surface area contributed by atoms with Crippen LogP contribution in [0.25, 0.3) is 11.3 Å². The van der Waals surface area contributed by atoms with Crippen LogP contribution in [0.4, 0.5) is 11.6 Å². The Balaban J connectivity index is 2.66. The van der Waals surface area contributed by atoms with E-state index in [0.717, 1.165) is 0 Å².